The summed E-state index contributed by atoms with van der Waals surface area (Å²) >= 11 is 0. The minimum absolute atomic E-state index is 0.0213. The van der Waals surface area contributed by atoms with Crippen LogP contribution in [0.4, 0.5) is 0 Å². The first-order chi connectivity index (χ1) is 16.5. The molecular formula is C26H31NO8. The standard InChI is InChI=1S/C26H31NO8/c1-6-25(4,34-15(3)29)17-10-18-23(30)22-20(35-26(18,5)21(11-17)32-14(2)28)12-19(33-24(22)31)16-8-7-9-27-13-16/h7-9,12-13,17-18,21,23,30H,6,10-11H2,1-5H3/t17-,18-,21-,23+,25?,26-/m1/s1. The highest BCUT2D eigenvalue weighted by atomic mass is 16.6. The lowest BCUT2D eigenvalue weighted by Crippen LogP contribution is -2.62. The Hall–Kier alpha value is -3.20. The first kappa shape index (κ1) is 24.9. The lowest BCUT2D eigenvalue weighted by atomic mass is 9.61. The fraction of sp³-hybridized carbons (Fsp3) is 0.538. The largest absolute Gasteiger partial charge is 0.482 e. The molecule has 1 aliphatic heterocycles. The molecule has 0 saturated heterocycles. The Morgan fingerprint density at radius 2 is 2.03 bits per heavy atom. The second-order valence-corrected chi connectivity index (χ2v) is 9.78. The van der Waals surface area contributed by atoms with E-state index in [0.717, 1.165) is 0 Å². The number of carbonyl (C=O) groups excluding carboxylic acids is 2. The third-order valence-corrected chi connectivity index (χ3v) is 7.57. The molecule has 2 aromatic heterocycles. The van der Waals surface area contributed by atoms with Crippen molar-refractivity contribution in [2.45, 2.75) is 77.3 Å². The molecule has 188 valence electrons. The number of aromatic nitrogens is 1. The summed E-state index contributed by atoms with van der Waals surface area (Å²) < 4.78 is 23.3. The smallest absolute Gasteiger partial charge is 0.345 e. The fourth-order valence-corrected chi connectivity index (χ4v) is 5.51. The maximum atomic E-state index is 13.0. The quantitative estimate of drug-likeness (QED) is 0.633. The van der Waals surface area contributed by atoms with Gasteiger partial charge in [0.25, 0.3) is 0 Å². The highest BCUT2D eigenvalue weighted by Gasteiger charge is 2.60. The van der Waals surface area contributed by atoms with E-state index in [-0.39, 0.29) is 23.0 Å². The summed E-state index contributed by atoms with van der Waals surface area (Å²) in [5, 5.41) is 11.5. The van der Waals surface area contributed by atoms with Crippen LogP contribution in [-0.2, 0) is 19.1 Å². The Balaban J connectivity index is 1.79. The van der Waals surface area contributed by atoms with E-state index in [4.69, 9.17) is 18.6 Å². The van der Waals surface area contributed by atoms with Crippen molar-refractivity contribution in [3.8, 4) is 17.1 Å². The molecule has 35 heavy (non-hydrogen) atoms. The maximum absolute atomic E-state index is 13.0. The Labute approximate surface area is 203 Å². The molecule has 0 spiro atoms. The van der Waals surface area contributed by atoms with E-state index in [9.17, 15) is 19.5 Å². The van der Waals surface area contributed by atoms with Gasteiger partial charge in [0.2, 0.25) is 0 Å². The van der Waals surface area contributed by atoms with Crippen LogP contribution in [0.5, 0.6) is 5.75 Å². The topological polar surface area (TPSA) is 125 Å². The summed E-state index contributed by atoms with van der Waals surface area (Å²) in [7, 11) is 0. The second kappa shape index (κ2) is 9.11. The van der Waals surface area contributed by atoms with Crippen LogP contribution >= 0.6 is 0 Å². The van der Waals surface area contributed by atoms with Gasteiger partial charge in [0.15, 0.2) is 0 Å². The Morgan fingerprint density at radius 3 is 2.63 bits per heavy atom. The van der Waals surface area contributed by atoms with Crippen LogP contribution in [0, 0.1) is 11.8 Å². The van der Waals surface area contributed by atoms with Crippen LogP contribution < -0.4 is 10.4 Å². The Bertz CT molecular complexity index is 1180. The number of hydrogen-bond acceptors (Lipinski definition) is 9. The van der Waals surface area contributed by atoms with Gasteiger partial charge in [-0.15, -0.1) is 0 Å². The molecule has 1 unspecified atom stereocenters. The number of pyridine rings is 1. The predicted molar refractivity (Wildman–Crippen MR) is 124 cm³/mol. The van der Waals surface area contributed by atoms with Gasteiger partial charge in [-0.2, -0.15) is 0 Å². The molecule has 1 fully saturated rings. The van der Waals surface area contributed by atoms with Crippen LogP contribution in [0.15, 0.2) is 39.8 Å². The molecule has 0 radical (unpaired) electrons. The highest BCUT2D eigenvalue weighted by Crippen LogP contribution is 2.54. The first-order valence-corrected chi connectivity index (χ1v) is 11.8. The molecule has 1 saturated carbocycles. The second-order valence-electron chi connectivity index (χ2n) is 9.78. The van der Waals surface area contributed by atoms with Gasteiger partial charge in [-0.05, 0) is 45.2 Å². The average Bonchev–Trinajstić information content (AvgIpc) is 2.79. The molecule has 1 N–H and O–H groups in total. The zero-order chi connectivity index (χ0) is 25.5. The summed E-state index contributed by atoms with van der Waals surface area (Å²) in [5.74, 6) is -1.34. The van der Waals surface area contributed by atoms with E-state index >= 15 is 0 Å². The fourth-order valence-electron chi connectivity index (χ4n) is 5.51. The van der Waals surface area contributed by atoms with Crippen molar-refractivity contribution in [3.63, 3.8) is 0 Å². The van der Waals surface area contributed by atoms with Crippen LogP contribution in [0.2, 0.25) is 0 Å². The lowest BCUT2D eigenvalue weighted by molar-refractivity contribution is -0.209. The summed E-state index contributed by atoms with van der Waals surface area (Å²) in [5.41, 5.74) is -2.08. The van der Waals surface area contributed by atoms with E-state index < -0.39 is 46.9 Å². The van der Waals surface area contributed by atoms with Crippen LogP contribution in [-0.4, -0.2) is 39.3 Å². The van der Waals surface area contributed by atoms with Gasteiger partial charge in [0.1, 0.15) is 34.4 Å². The molecule has 2 aromatic rings. The number of aliphatic hydroxyl groups is 1. The number of hydrogen-bond donors (Lipinski definition) is 1. The molecule has 9 heteroatoms. The van der Waals surface area contributed by atoms with E-state index in [1.54, 1.807) is 37.5 Å². The van der Waals surface area contributed by atoms with Crippen molar-refractivity contribution in [3.05, 3.63) is 46.6 Å². The molecule has 0 amide bonds. The van der Waals surface area contributed by atoms with Crippen molar-refractivity contribution in [1.82, 2.24) is 4.98 Å². The summed E-state index contributed by atoms with van der Waals surface area (Å²) in [6, 6.07) is 5.02. The minimum atomic E-state index is -1.23. The number of esters is 2. The summed E-state index contributed by atoms with van der Waals surface area (Å²) in [4.78, 5) is 41.0. The zero-order valence-electron chi connectivity index (χ0n) is 20.6. The lowest BCUT2D eigenvalue weighted by Gasteiger charge is -2.54. The van der Waals surface area contributed by atoms with E-state index in [1.807, 2.05) is 13.8 Å². The van der Waals surface area contributed by atoms with Gasteiger partial charge < -0.3 is 23.7 Å². The number of nitrogens with zero attached hydrogens (tertiary/aromatic N) is 1. The molecule has 0 bridgehead atoms. The summed E-state index contributed by atoms with van der Waals surface area (Å²) in [6.45, 7) is 8.20. The van der Waals surface area contributed by atoms with Gasteiger partial charge in [-0.3, -0.25) is 14.6 Å². The highest BCUT2D eigenvalue weighted by molar-refractivity contribution is 5.67. The van der Waals surface area contributed by atoms with E-state index in [0.29, 0.717) is 24.8 Å². The van der Waals surface area contributed by atoms with Crippen molar-refractivity contribution in [1.29, 1.82) is 0 Å². The molecule has 3 heterocycles. The van der Waals surface area contributed by atoms with Gasteiger partial charge in [0, 0.05) is 49.7 Å². The van der Waals surface area contributed by atoms with Crippen LogP contribution in [0.3, 0.4) is 0 Å². The zero-order valence-corrected chi connectivity index (χ0v) is 20.6. The van der Waals surface area contributed by atoms with Gasteiger partial charge >= 0.3 is 17.6 Å². The number of ether oxygens (including phenoxy) is 3. The van der Waals surface area contributed by atoms with Crippen LogP contribution in [0.25, 0.3) is 11.3 Å². The van der Waals surface area contributed by atoms with E-state index in [1.165, 1.54) is 13.8 Å². The molecule has 0 aromatic carbocycles. The van der Waals surface area contributed by atoms with Gasteiger partial charge in [-0.25, -0.2) is 4.79 Å². The third-order valence-electron chi connectivity index (χ3n) is 7.57. The third kappa shape index (κ3) is 4.45. The SMILES string of the molecule is CCC(C)(OC(C)=O)[C@@H]1C[C@@H]2[C@H](O)c3c(cc(-c4cccnc4)oc3=O)O[C@@]2(C)[C@H](OC(C)=O)C1. The summed E-state index contributed by atoms with van der Waals surface area (Å²) in [6.07, 6.45) is 2.46. The molecular weight excluding hydrogens is 454 g/mol. The van der Waals surface area contributed by atoms with Crippen molar-refractivity contribution < 1.29 is 33.3 Å². The minimum Gasteiger partial charge on any atom is -0.482 e. The maximum Gasteiger partial charge on any atom is 0.345 e. The van der Waals surface area contributed by atoms with E-state index in [2.05, 4.69) is 4.98 Å². The van der Waals surface area contributed by atoms with Crippen molar-refractivity contribution in [2.24, 2.45) is 11.8 Å². The molecule has 9 nitrogen and oxygen atoms in total. The predicted octanol–water partition coefficient (Wildman–Crippen LogP) is 3.58. The average molecular weight is 486 g/mol. The number of fused-ring (bicyclic) bond motifs is 2. The monoisotopic (exact) mass is 485 g/mol. The molecule has 1 aliphatic carbocycles. The van der Waals surface area contributed by atoms with Gasteiger partial charge in [-0.1, -0.05) is 6.92 Å². The number of carbonyl (C=O) groups is 2. The Morgan fingerprint density at radius 1 is 1.29 bits per heavy atom. The van der Waals surface area contributed by atoms with Gasteiger partial charge in [0.05, 0.1) is 6.10 Å². The number of aliphatic hydroxyl groups excluding tert-OH is 1. The van der Waals surface area contributed by atoms with Crippen molar-refractivity contribution in [2.75, 3.05) is 0 Å². The van der Waals surface area contributed by atoms with Crippen LogP contribution in [0.1, 0.15) is 65.5 Å². The first-order valence-electron chi connectivity index (χ1n) is 11.8. The van der Waals surface area contributed by atoms with Crippen molar-refractivity contribution >= 4 is 11.9 Å². The number of rotatable bonds is 5. The molecule has 6 atom stereocenters. The molecule has 4 rings (SSSR count). The molecule has 2 aliphatic rings. The normalized spacial score (nSPS) is 29.1. The Kier molecular flexibility index (Phi) is 6.48.